The topological polar surface area (TPSA) is 90.3 Å². The molecule has 192 valence electrons. The molecule has 33 heavy (non-hydrogen) atoms. The number of carbonyl (C=O) groups is 2. The third-order valence-corrected chi connectivity index (χ3v) is 6.20. The lowest BCUT2D eigenvalue weighted by Crippen LogP contribution is -2.36. The molecule has 0 aliphatic heterocycles. The van der Waals surface area contributed by atoms with Gasteiger partial charge in [0.05, 0.1) is 0 Å². The number of nitrogens with zero attached hydrogens (tertiary/aromatic N) is 2. The van der Waals surface area contributed by atoms with E-state index >= 15 is 0 Å². The van der Waals surface area contributed by atoms with Crippen LogP contribution in [0.1, 0.15) is 59.3 Å². The first-order valence-electron chi connectivity index (χ1n) is 12.3. The number of thioether (sulfide) groups is 1. The SMILES string of the molecule is CCC/C=C\C/C=C\COC(=O)CCCN(CC(CO)CO)C(=O)SCCCN(CC)CC. The summed E-state index contributed by atoms with van der Waals surface area (Å²) in [7, 11) is 0. The Kier molecular flexibility index (Phi) is 21.5. The molecule has 0 saturated heterocycles. The summed E-state index contributed by atoms with van der Waals surface area (Å²) >= 11 is 1.26. The standard InChI is InChI=1S/C25H46N2O5S/c1-4-7-8-9-10-11-12-18-32-24(30)15-13-17-27(20-23(21-28)22-29)25(31)33-19-14-16-26(5-2)6-3/h8-9,11-12,23,28-29H,4-7,10,13-22H2,1-3H3/b9-8-,12-11-. The fourth-order valence-corrected chi connectivity index (χ4v) is 3.87. The zero-order valence-electron chi connectivity index (χ0n) is 20.9. The number of esters is 1. The van der Waals surface area contributed by atoms with Crippen molar-refractivity contribution in [1.29, 1.82) is 0 Å². The van der Waals surface area contributed by atoms with Crippen molar-refractivity contribution in [2.45, 2.75) is 59.3 Å². The highest BCUT2D eigenvalue weighted by Gasteiger charge is 2.19. The predicted molar refractivity (Wildman–Crippen MR) is 137 cm³/mol. The monoisotopic (exact) mass is 486 g/mol. The van der Waals surface area contributed by atoms with Crippen LogP contribution in [0.5, 0.6) is 0 Å². The van der Waals surface area contributed by atoms with E-state index in [0.29, 0.717) is 13.0 Å². The molecule has 7 nitrogen and oxygen atoms in total. The number of aliphatic hydroxyl groups is 2. The molecule has 0 heterocycles. The number of amides is 1. The van der Waals surface area contributed by atoms with E-state index in [1.54, 1.807) is 4.90 Å². The first-order chi connectivity index (χ1) is 16.0. The maximum Gasteiger partial charge on any atom is 0.306 e. The summed E-state index contributed by atoms with van der Waals surface area (Å²) in [4.78, 5) is 28.6. The Labute approximate surface area is 205 Å². The molecule has 0 spiro atoms. The van der Waals surface area contributed by atoms with Crippen molar-refractivity contribution >= 4 is 23.0 Å². The second-order valence-electron chi connectivity index (χ2n) is 7.93. The van der Waals surface area contributed by atoms with Crippen LogP contribution in [0.3, 0.4) is 0 Å². The summed E-state index contributed by atoms with van der Waals surface area (Å²) in [5.74, 6) is 0.0477. The van der Waals surface area contributed by atoms with Gasteiger partial charge in [-0.05, 0) is 45.3 Å². The summed E-state index contributed by atoms with van der Waals surface area (Å²) in [6.45, 7) is 9.89. The Bertz CT molecular complexity index is 549. The fourth-order valence-electron chi connectivity index (χ4n) is 3.07. The maximum atomic E-state index is 12.7. The molecule has 0 rings (SSSR count). The van der Waals surface area contributed by atoms with Gasteiger partial charge >= 0.3 is 5.97 Å². The molecule has 0 bridgehead atoms. The van der Waals surface area contributed by atoms with Gasteiger partial charge in [-0.15, -0.1) is 0 Å². The van der Waals surface area contributed by atoms with E-state index in [2.05, 4.69) is 37.8 Å². The van der Waals surface area contributed by atoms with Crippen LogP contribution in [0.2, 0.25) is 0 Å². The molecule has 0 aromatic rings. The lowest BCUT2D eigenvalue weighted by Gasteiger charge is -2.26. The number of allylic oxidation sites excluding steroid dienone is 3. The molecule has 0 fully saturated rings. The van der Waals surface area contributed by atoms with Gasteiger partial charge in [-0.1, -0.05) is 63.3 Å². The number of carbonyl (C=O) groups excluding carboxylic acids is 2. The van der Waals surface area contributed by atoms with Crippen LogP contribution in [0.15, 0.2) is 24.3 Å². The van der Waals surface area contributed by atoms with Crippen LogP contribution in [-0.4, -0.2) is 89.5 Å². The number of aliphatic hydroxyl groups excluding tert-OH is 2. The minimum atomic E-state index is -0.381. The van der Waals surface area contributed by atoms with Gasteiger partial charge in [0.25, 0.3) is 5.24 Å². The molecule has 0 aromatic carbocycles. The highest BCUT2D eigenvalue weighted by molar-refractivity contribution is 8.13. The molecule has 8 heteroatoms. The molecular formula is C25H46N2O5S. The fraction of sp³-hybridized carbons (Fsp3) is 0.760. The van der Waals surface area contributed by atoms with Gasteiger partial charge in [0.1, 0.15) is 6.61 Å². The average molecular weight is 487 g/mol. The van der Waals surface area contributed by atoms with Crippen LogP contribution >= 0.6 is 11.8 Å². The van der Waals surface area contributed by atoms with Crippen LogP contribution in [0.4, 0.5) is 4.79 Å². The zero-order chi connectivity index (χ0) is 24.7. The largest absolute Gasteiger partial charge is 0.461 e. The quantitative estimate of drug-likeness (QED) is 0.152. The first kappa shape index (κ1) is 31.6. The van der Waals surface area contributed by atoms with Crippen molar-refractivity contribution in [3.8, 4) is 0 Å². The van der Waals surface area contributed by atoms with Gasteiger partial charge in [0.2, 0.25) is 0 Å². The summed E-state index contributed by atoms with van der Waals surface area (Å²) in [6.07, 6.45) is 12.7. The van der Waals surface area contributed by atoms with Crippen molar-refractivity contribution in [2.75, 3.05) is 58.3 Å². The molecule has 0 radical (unpaired) electrons. The van der Waals surface area contributed by atoms with Crippen molar-refractivity contribution in [3.05, 3.63) is 24.3 Å². The average Bonchev–Trinajstić information content (AvgIpc) is 2.82. The van der Waals surface area contributed by atoms with Gasteiger partial charge in [0, 0.05) is 44.4 Å². The highest BCUT2D eigenvalue weighted by atomic mass is 32.2. The van der Waals surface area contributed by atoms with Gasteiger partial charge in [-0.3, -0.25) is 9.59 Å². The Balaban J connectivity index is 4.37. The molecular weight excluding hydrogens is 440 g/mol. The maximum absolute atomic E-state index is 12.7. The molecule has 0 aliphatic carbocycles. The second kappa shape index (κ2) is 22.4. The zero-order valence-corrected chi connectivity index (χ0v) is 21.7. The van der Waals surface area contributed by atoms with Crippen molar-refractivity contribution in [2.24, 2.45) is 5.92 Å². The number of rotatable bonds is 20. The van der Waals surface area contributed by atoms with Gasteiger partial charge in [-0.2, -0.15) is 0 Å². The number of ether oxygens (including phenoxy) is 1. The van der Waals surface area contributed by atoms with Crippen LogP contribution in [0, 0.1) is 5.92 Å². The van der Waals surface area contributed by atoms with Crippen molar-refractivity contribution < 1.29 is 24.5 Å². The van der Waals surface area contributed by atoms with E-state index < -0.39 is 0 Å². The molecule has 0 atom stereocenters. The van der Waals surface area contributed by atoms with Crippen LogP contribution in [0.25, 0.3) is 0 Å². The second-order valence-corrected chi connectivity index (χ2v) is 8.97. The van der Waals surface area contributed by atoms with Crippen LogP contribution in [-0.2, 0) is 9.53 Å². The van der Waals surface area contributed by atoms with E-state index in [1.165, 1.54) is 11.8 Å². The minimum absolute atomic E-state index is 0.0751. The Morgan fingerprint density at radius 3 is 2.30 bits per heavy atom. The third kappa shape index (κ3) is 17.7. The van der Waals surface area contributed by atoms with Gasteiger partial charge in [-0.25, -0.2) is 0 Å². The highest BCUT2D eigenvalue weighted by Crippen LogP contribution is 2.14. The first-order valence-corrected chi connectivity index (χ1v) is 13.3. The molecule has 0 unspecified atom stereocenters. The van der Waals surface area contributed by atoms with Crippen LogP contribution < -0.4 is 0 Å². The van der Waals surface area contributed by atoms with E-state index in [9.17, 15) is 19.8 Å². The van der Waals surface area contributed by atoms with E-state index in [1.807, 2.05) is 12.2 Å². The van der Waals surface area contributed by atoms with E-state index in [-0.39, 0.29) is 49.9 Å². The molecule has 0 aliphatic rings. The summed E-state index contributed by atoms with van der Waals surface area (Å²) in [5.41, 5.74) is 0. The minimum Gasteiger partial charge on any atom is -0.461 e. The Morgan fingerprint density at radius 2 is 1.67 bits per heavy atom. The summed E-state index contributed by atoms with van der Waals surface area (Å²) in [5, 5.41) is 18.7. The molecule has 1 amide bonds. The lowest BCUT2D eigenvalue weighted by atomic mass is 10.1. The predicted octanol–water partition coefficient (Wildman–Crippen LogP) is 4.10. The normalized spacial score (nSPS) is 11.8. The number of hydrogen-bond acceptors (Lipinski definition) is 7. The van der Waals surface area contributed by atoms with Crippen molar-refractivity contribution in [1.82, 2.24) is 9.80 Å². The molecule has 0 aromatic heterocycles. The number of unbranched alkanes of at least 4 members (excludes halogenated alkanes) is 1. The Hall–Kier alpha value is -1.35. The molecule has 0 saturated carbocycles. The lowest BCUT2D eigenvalue weighted by molar-refractivity contribution is -0.142. The smallest absolute Gasteiger partial charge is 0.306 e. The molecule has 2 N–H and O–H groups in total. The Morgan fingerprint density at radius 1 is 0.970 bits per heavy atom. The third-order valence-electron chi connectivity index (χ3n) is 5.20. The van der Waals surface area contributed by atoms with Gasteiger partial charge < -0.3 is 24.7 Å². The van der Waals surface area contributed by atoms with E-state index in [4.69, 9.17) is 4.74 Å². The van der Waals surface area contributed by atoms with E-state index in [0.717, 1.165) is 51.1 Å². The summed E-state index contributed by atoms with van der Waals surface area (Å²) in [6, 6.07) is 0. The van der Waals surface area contributed by atoms with Crippen molar-refractivity contribution in [3.63, 3.8) is 0 Å². The van der Waals surface area contributed by atoms with Gasteiger partial charge in [0.15, 0.2) is 0 Å². The summed E-state index contributed by atoms with van der Waals surface area (Å²) < 4.78 is 5.22. The number of hydrogen-bond donors (Lipinski definition) is 2.